The largest absolute Gasteiger partial charge is 0.449 e. The van der Waals surface area contributed by atoms with E-state index in [0.29, 0.717) is 24.2 Å². The number of hydrogen-bond acceptors (Lipinski definition) is 5. The Labute approximate surface area is 167 Å². The van der Waals surface area contributed by atoms with Crippen molar-refractivity contribution in [1.29, 1.82) is 0 Å². The summed E-state index contributed by atoms with van der Waals surface area (Å²) in [7, 11) is 0. The van der Waals surface area contributed by atoms with Gasteiger partial charge in [-0.3, -0.25) is 25.2 Å². The fourth-order valence-corrected chi connectivity index (χ4v) is 2.94. The van der Waals surface area contributed by atoms with E-state index < -0.39 is 23.9 Å². The number of carbonyl (C=O) groups excluding carboxylic acids is 4. The average Bonchev–Trinajstić information content (AvgIpc) is 3.17. The highest BCUT2D eigenvalue weighted by molar-refractivity contribution is 6.04. The number of rotatable bonds is 5. The number of para-hydroxylation sites is 1. The minimum Gasteiger partial charge on any atom is -0.449 e. The van der Waals surface area contributed by atoms with Crippen molar-refractivity contribution in [3.63, 3.8) is 0 Å². The summed E-state index contributed by atoms with van der Waals surface area (Å²) in [6, 6.07) is 15.0. The third-order valence-electron chi connectivity index (χ3n) is 4.48. The number of carbonyl (C=O) groups is 4. The molecule has 1 atom stereocenters. The Kier molecular flexibility index (Phi) is 6.23. The van der Waals surface area contributed by atoms with Gasteiger partial charge in [0.25, 0.3) is 11.8 Å². The van der Waals surface area contributed by atoms with Crippen LogP contribution in [0.15, 0.2) is 54.6 Å². The van der Waals surface area contributed by atoms with E-state index in [2.05, 4.69) is 10.9 Å². The number of esters is 1. The van der Waals surface area contributed by atoms with Crippen molar-refractivity contribution in [3.8, 4) is 0 Å². The highest BCUT2D eigenvalue weighted by Gasteiger charge is 2.27. The minimum atomic E-state index is -1.15. The smallest absolute Gasteiger partial charge is 0.341 e. The summed E-state index contributed by atoms with van der Waals surface area (Å²) in [5.41, 5.74) is 5.55. The van der Waals surface area contributed by atoms with Crippen molar-refractivity contribution in [2.24, 2.45) is 0 Å². The number of ether oxygens (including phenoxy) is 1. The van der Waals surface area contributed by atoms with Gasteiger partial charge in [0.1, 0.15) is 0 Å². The van der Waals surface area contributed by atoms with Gasteiger partial charge in [-0.05, 0) is 37.6 Å². The minimum absolute atomic E-state index is 0.0559. The van der Waals surface area contributed by atoms with Gasteiger partial charge in [-0.1, -0.05) is 30.3 Å². The van der Waals surface area contributed by atoms with Crippen LogP contribution in [-0.4, -0.2) is 36.3 Å². The van der Waals surface area contributed by atoms with Crippen LogP contribution in [0.2, 0.25) is 0 Å². The van der Waals surface area contributed by atoms with Gasteiger partial charge in [0.2, 0.25) is 5.91 Å². The van der Waals surface area contributed by atoms with Crippen LogP contribution in [0.3, 0.4) is 0 Å². The first-order valence-electron chi connectivity index (χ1n) is 9.23. The predicted molar refractivity (Wildman–Crippen MR) is 105 cm³/mol. The van der Waals surface area contributed by atoms with Gasteiger partial charge in [-0.25, -0.2) is 4.79 Å². The van der Waals surface area contributed by atoms with E-state index in [4.69, 9.17) is 4.74 Å². The van der Waals surface area contributed by atoms with Gasteiger partial charge >= 0.3 is 5.97 Å². The third-order valence-corrected chi connectivity index (χ3v) is 4.48. The quantitative estimate of drug-likeness (QED) is 0.594. The maximum absolute atomic E-state index is 12.6. The summed E-state index contributed by atoms with van der Waals surface area (Å²) in [5.74, 6) is -1.95. The van der Waals surface area contributed by atoms with E-state index in [9.17, 15) is 19.2 Å². The molecule has 3 amide bonds. The maximum Gasteiger partial charge on any atom is 0.341 e. The molecule has 1 saturated heterocycles. The summed E-state index contributed by atoms with van der Waals surface area (Å²) < 4.78 is 5.23. The molecule has 3 rings (SSSR count). The van der Waals surface area contributed by atoms with Crippen LogP contribution in [0.25, 0.3) is 0 Å². The van der Waals surface area contributed by atoms with Crippen molar-refractivity contribution in [1.82, 2.24) is 10.9 Å². The molecule has 150 valence electrons. The lowest BCUT2D eigenvalue weighted by atomic mass is 10.1. The second-order valence-electron chi connectivity index (χ2n) is 6.52. The molecule has 0 saturated carbocycles. The van der Waals surface area contributed by atoms with Crippen molar-refractivity contribution >= 4 is 29.4 Å². The molecule has 1 aliphatic heterocycles. The van der Waals surface area contributed by atoms with Crippen LogP contribution in [0.5, 0.6) is 0 Å². The SMILES string of the molecule is C[C@H](OC(=O)c1ccccc1N1CCCC1=O)C(=O)NNC(=O)c1ccccc1. The summed E-state index contributed by atoms with van der Waals surface area (Å²) in [6.45, 7) is 1.93. The molecule has 8 heteroatoms. The molecule has 0 bridgehead atoms. The van der Waals surface area contributed by atoms with Gasteiger partial charge in [-0.2, -0.15) is 0 Å². The van der Waals surface area contributed by atoms with Crippen LogP contribution in [0.4, 0.5) is 5.69 Å². The molecular weight excluding hydrogens is 374 g/mol. The first-order valence-corrected chi connectivity index (χ1v) is 9.23. The first kappa shape index (κ1) is 20.1. The lowest BCUT2D eigenvalue weighted by molar-refractivity contribution is -0.129. The molecular formula is C21H21N3O5. The Balaban J connectivity index is 1.60. The fourth-order valence-electron chi connectivity index (χ4n) is 2.94. The fraction of sp³-hybridized carbons (Fsp3) is 0.238. The molecule has 0 radical (unpaired) electrons. The molecule has 8 nitrogen and oxygen atoms in total. The van der Waals surface area contributed by atoms with Crippen LogP contribution >= 0.6 is 0 Å². The normalized spacial score (nSPS) is 14.2. The van der Waals surface area contributed by atoms with Crippen molar-refractivity contribution in [2.75, 3.05) is 11.4 Å². The second-order valence-corrected chi connectivity index (χ2v) is 6.52. The van der Waals surface area contributed by atoms with Gasteiger partial charge in [0, 0.05) is 18.5 Å². The second kappa shape index (κ2) is 9.01. The average molecular weight is 395 g/mol. The van der Waals surface area contributed by atoms with E-state index in [1.54, 1.807) is 59.5 Å². The highest BCUT2D eigenvalue weighted by atomic mass is 16.5. The van der Waals surface area contributed by atoms with Crippen molar-refractivity contribution < 1.29 is 23.9 Å². The van der Waals surface area contributed by atoms with E-state index in [1.807, 2.05) is 0 Å². The zero-order valence-electron chi connectivity index (χ0n) is 15.9. The molecule has 1 fully saturated rings. The lowest BCUT2D eigenvalue weighted by Crippen LogP contribution is -2.46. The molecule has 2 aromatic rings. The molecule has 0 spiro atoms. The molecule has 2 N–H and O–H groups in total. The Morgan fingerprint density at radius 2 is 1.69 bits per heavy atom. The highest BCUT2D eigenvalue weighted by Crippen LogP contribution is 2.26. The van der Waals surface area contributed by atoms with Gasteiger partial charge in [0.15, 0.2) is 6.10 Å². The van der Waals surface area contributed by atoms with Gasteiger partial charge < -0.3 is 9.64 Å². The summed E-state index contributed by atoms with van der Waals surface area (Å²) in [5, 5.41) is 0. The molecule has 1 aliphatic rings. The first-order chi connectivity index (χ1) is 14.0. The zero-order valence-corrected chi connectivity index (χ0v) is 15.9. The lowest BCUT2D eigenvalue weighted by Gasteiger charge is -2.20. The predicted octanol–water partition coefficient (Wildman–Crippen LogP) is 1.82. The van der Waals surface area contributed by atoms with Crippen LogP contribution in [0.1, 0.15) is 40.5 Å². The van der Waals surface area contributed by atoms with E-state index in [0.717, 1.165) is 6.42 Å². The monoisotopic (exact) mass is 395 g/mol. The number of nitrogens with one attached hydrogen (secondary N) is 2. The topological polar surface area (TPSA) is 105 Å². The third kappa shape index (κ3) is 4.78. The van der Waals surface area contributed by atoms with Gasteiger partial charge in [0.05, 0.1) is 11.3 Å². The van der Waals surface area contributed by atoms with Crippen molar-refractivity contribution in [2.45, 2.75) is 25.9 Å². The van der Waals surface area contributed by atoms with Crippen LogP contribution in [-0.2, 0) is 14.3 Å². The number of benzene rings is 2. The number of hydrazine groups is 1. The van der Waals surface area contributed by atoms with Crippen LogP contribution in [0, 0.1) is 0 Å². The number of hydrogen-bond donors (Lipinski definition) is 2. The van der Waals surface area contributed by atoms with E-state index >= 15 is 0 Å². The van der Waals surface area contributed by atoms with Crippen LogP contribution < -0.4 is 15.8 Å². The molecule has 0 aliphatic carbocycles. The van der Waals surface area contributed by atoms with Crippen molar-refractivity contribution in [3.05, 3.63) is 65.7 Å². The standard InChI is InChI=1S/C21H21N3O5/c1-14(19(26)22-23-20(27)15-8-3-2-4-9-15)29-21(28)16-10-5-6-11-17(16)24-13-7-12-18(24)25/h2-6,8-11,14H,7,12-13H2,1H3,(H,22,26)(H,23,27)/t14-/m0/s1. The number of amides is 3. The summed E-state index contributed by atoms with van der Waals surface area (Å²) >= 11 is 0. The maximum atomic E-state index is 12.6. The van der Waals surface area contributed by atoms with Gasteiger partial charge in [-0.15, -0.1) is 0 Å². The molecule has 0 aromatic heterocycles. The Hall–Kier alpha value is -3.68. The Morgan fingerprint density at radius 3 is 2.38 bits per heavy atom. The number of nitrogens with zero attached hydrogens (tertiary/aromatic N) is 1. The Morgan fingerprint density at radius 1 is 1.00 bits per heavy atom. The zero-order chi connectivity index (χ0) is 20.8. The molecule has 0 unspecified atom stereocenters. The molecule has 1 heterocycles. The number of anilines is 1. The Bertz CT molecular complexity index is 929. The van der Waals surface area contributed by atoms with E-state index in [-0.39, 0.29) is 11.5 Å². The molecule has 2 aromatic carbocycles. The summed E-state index contributed by atoms with van der Waals surface area (Å²) in [4.78, 5) is 50.3. The molecule has 29 heavy (non-hydrogen) atoms. The summed E-state index contributed by atoms with van der Waals surface area (Å²) in [6.07, 6.45) is 0.00624. The van der Waals surface area contributed by atoms with E-state index in [1.165, 1.54) is 6.92 Å².